The van der Waals surface area contributed by atoms with Gasteiger partial charge in [0.2, 0.25) is 0 Å². The molecular weight excluding hydrogens is 340 g/mol. The molecule has 1 N–H and O–H groups in total. The number of aryl methyl sites for hydroxylation is 1. The fourth-order valence-corrected chi connectivity index (χ4v) is 3.28. The van der Waals surface area contributed by atoms with Crippen LogP contribution in [0.3, 0.4) is 0 Å². The van der Waals surface area contributed by atoms with Crippen LogP contribution in [0, 0.1) is 6.92 Å². The molecule has 0 atom stereocenters. The summed E-state index contributed by atoms with van der Waals surface area (Å²) in [5, 5.41) is 11.0. The Kier molecular flexibility index (Phi) is 3.54. The number of carbonyl (C=O) groups is 1. The molecule has 20 heavy (non-hydrogen) atoms. The van der Waals surface area contributed by atoms with Crippen molar-refractivity contribution in [2.45, 2.75) is 13.5 Å². The van der Waals surface area contributed by atoms with Crippen LogP contribution in [0.4, 0.5) is 0 Å². The second-order valence-electron chi connectivity index (χ2n) is 4.30. The first kappa shape index (κ1) is 13.3. The van der Waals surface area contributed by atoms with Gasteiger partial charge in [0.15, 0.2) is 11.5 Å². The molecule has 3 heterocycles. The van der Waals surface area contributed by atoms with Gasteiger partial charge >= 0.3 is 0 Å². The molecule has 0 unspecified atom stereocenters. The normalized spacial score (nSPS) is 10.9. The van der Waals surface area contributed by atoms with Crippen molar-refractivity contribution in [3.8, 4) is 0 Å². The van der Waals surface area contributed by atoms with E-state index >= 15 is 0 Å². The summed E-state index contributed by atoms with van der Waals surface area (Å²) in [6.45, 7) is 2.31. The van der Waals surface area contributed by atoms with Crippen molar-refractivity contribution >= 4 is 38.8 Å². The summed E-state index contributed by atoms with van der Waals surface area (Å²) in [6.07, 6.45) is 1.88. The summed E-state index contributed by atoms with van der Waals surface area (Å²) in [4.78, 5) is 12.7. The van der Waals surface area contributed by atoms with E-state index in [1.807, 2.05) is 41.8 Å². The van der Waals surface area contributed by atoms with Gasteiger partial charge in [0, 0.05) is 6.20 Å². The first-order valence-corrected chi connectivity index (χ1v) is 7.59. The Hall–Kier alpha value is -1.73. The molecule has 5 nitrogen and oxygen atoms in total. The standard InChI is InChI=1S/C13H11BrN4OS/c1-8-6-9(20-12(8)14)13(19)15-7-11-17-16-10-4-2-3-5-18(10)11/h2-6H,7H2,1H3,(H,15,19). The smallest absolute Gasteiger partial charge is 0.261 e. The number of thiophene rings is 1. The number of rotatable bonds is 3. The molecule has 3 aromatic heterocycles. The maximum atomic E-state index is 12.1. The Balaban J connectivity index is 1.74. The zero-order valence-corrected chi connectivity index (χ0v) is 13.0. The molecule has 0 aliphatic heterocycles. The van der Waals surface area contributed by atoms with E-state index in [1.165, 1.54) is 11.3 Å². The van der Waals surface area contributed by atoms with Gasteiger partial charge in [-0.2, -0.15) is 0 Å². The van der Waals surface area contributed by atoms with Crippen LogP contribution in [0.15, 0.2) is 34.2 Å². The molecule has 0 saturated heterocycles. The molecular formula is C13H11BrN4OS. The van der Waals surface area contributed by atoms with Crippen LogP contribution >= 0.6 is 27.3 Å². The van der Waals surface area contributed by atoms with E-state index in [4.69, 9.17) is 0 Å². The highest BCUT2D eigenvalue weighted by Gasteiger charge is 2.12. The molecule has 0 saturated carbocycles. The van der Waals surface area contributed by atoms with Gasteiger partial charge in [-0.05, 0) is 46.6 Å². The number of halogens is 1. The monoisotopic (exact) mass is 350 g/mol. The Morgan fingerprint density at radius 2 is 2.30 bits per heavy atom. The fraction of sp³-hybridized carbons (Fsp3) is 0.154. The Bertz CT molecular complexity index is 760. The molecule has 0 aliphatic rings. The molecule has 0 aromatic carbocycles. The number of hydrogen-bond acceptors (Lipinski definition) is 4. The van der Waals surface area contributed by atoms with Gasteiger partial charge in [-0.1, -0.05) is 6.07 Å². The SMILES string of the molecule is Cc1cc(C(=O)NCc2nnc3ccccn23)sc1Br. The summed E-state index contributed by atoms with van der Waals surface area (Å²) >= 11 is 4.84. The number of nitrogens with zero attached hydrogens (tertiary/aromatic N) is 3. The molecule has 0 spiro atoms. The van der Waals surface area contributed by atoms with E-state index in [2.05, 4.69) is 31.4 Å². The van der Waals surface area contributed by atoms with Crippen LogP contribution < -0.4 is 5.32 Å². The average molecular weight is 351 g/mol. The molecule has 3 rings (SSSR count). The zero-order chi connectivity index (χ0) is 14.1. The number of nitrogens with one attached hydrogen (secondary N) is 1. The summed E-state index contributed by atoms with van der Waals surface area (Å²) < 4.78 is 2.84. The lowest BCUT2D eigenvalue weighted by atomic mass is 10.3. The van der Waals surface area contributed by atoms with Gasteiger partial charge in [-0.15, -0.1) is 21.5 Å². The lowest BCUT2D eigenvalue weighted by molar-refractivity contribution is 0.0954. The zero-order valence-electron chi connectivity index (χ0n) is 10.6. The Morgan fingerprint density at radius 1 is 1.45 bits per heavy atom. The first-order chi connectivity index (χ1) is 9.65. The van der Waals surface area contributed by atoms with Crippen molar-refractivity contribution < 1.29 is 4.79 Å². The average Bonchev–Trinajstić information content (AvgIpc) is 3.01. The molecule has 1 amide bonds. The minimum Gasteiger partial charge on any atom is -0.344 e. The third-order valence-electron chi connectivity index (χ3n) is 2.87. The predicted molar refractivity (Wildman–Crippen MR) is 80.9 cm³/mol. The molecule has 7 heteroatoms. The van der Waals surface area contributed by atoms with Gasteiger partial charge in [0.1, 0.15) is 0 Å². The molecule has 3 aromatic rings. The van der Waals surface area contributed by atoms with Crippen LogP contribution in [-0.4, -0.2) is 20.5 Å². The van der Waals surface area contributed by atoms with Crippen LogP contribution in [0.2, 0.25) is 0 Å². The van der Waals surface area contributed by atoms with Crippen LogP contribution in [0.1, 0.15) is 21.1 Å². The second kappa shape index (κ2) is 5.34. The predicted octanol–water partition coefficient (Wildman–Crippen LogP) is 2.79. The quantitative estimate of drug-likeness (QED) is 0.789. The summed E-state index contributed by atoms with van der Waals surface area (Å²) in [5.41, 5.74) is 1.83. The van der Waals surface area contributed by atoms with E-state index in [0.717, 1.165) is 15.0 Å². The molecule has 0 radical (unpaired) electrons. The molecule has 0 fully saturated rings. The molecule has 0 aliphatic carbocycles. The largest absolute Gasteiger partial charge is 0.344 e. The van der Waals surface area contributed by atoms with Gasteiger partial charge in [0.25, 0.3) is 5.91 Å². The van der Waals surface area contributed by atoms with E-state index in [0.29, 0.717) is 17.2 Å². The maximum absolute atomic E-state index is 12.1. The lowest BCUT2D eigenvalue weighted by Crippen LogP contribution is -2.23. The number of amides is 1. The highest BCUT2D eigenvalue weighted by molar-refractivity contribution is 9.11. The third-order valence-corrected chi connectivity index (χ3v) is 5.01. The van der Waals surface area contributed by atoms with Crippen LogP contribution in [0.25, 0.3) is 5.65 Å². The number of hydrogen-bond donors (Lipinski definition) is 1. The number of pyridine rings is 1. The van der Waals surface area contributed by atoms with Gasteiger partial charge in [-0.3, -0.25) is 9.20 Å². The van der Waals surface area contributed by atoms with Crippen molar-refractivity contribution in [1.29, 1.82) is 0 Å². The van der Waals surface area contributed by atoms with Crippen LogP contribution in [-0.2, 0) is 6.54 Å². The van der Waals surface area contributed by atoms with Crippen molar-refractivity contribution in [3.05, 3.63) is 50.5 Å². The molecule has 102 valence electrons. The number of aromatic nitrogens is 3. The first-order valence-electron chi connectivity index (χ1n) is 5.98. The van der Waals surface area contributed by atoms with E-state index < -0.39 is 0 Å². The minimum absolute atomic E-state index is 0.100. The van der Waals surface area contributed by atoms with E-state index in [1.54, 1.807) is 0 Å². The van der Waals surface area contributed by atoms with E-state index in [-0.39, 0.29) is 5.91 Å². The summed E-state index contributed by atoms with van der Waals surface area (Å²) in [6, 6.07) is 7.55. The van der Waals surface area contributed by atoms with Crippen molar-refractivity contribution in [3.63, 3.8) is 0 Å². The van der Waals surface area contributed by atoms with Crippen LogP contribution in [0.5, 0.6) is 0 Å². The number of carbonyl (C=O) groups excluding carboxylic acids is 1. The van der Waals surface area contributed by atoms with Crippen molar-refractivity contribution in [1.82, 2.24) is 19.9 Å². The Morgan fingerprint density at radius 3 is 3.05 bits per heavy atom. The summed E-state index contributed by atoms with van der Waals surface area (Å²) in [5.74, 6) is 0.609. The van der Waals surface area contributed by atoms with E-state index in [9.17, 15) is 4.79 Å². The number of fused-ring (bicyclic) bond motifs is 1. The second-order valence-corrected chi connectivity index (χ2v) is 6.67. The van der Waals surface area contributed by atoms with Gasteiger partial charge in [-0.25, -0.2) is 0 Å². The van der Waals surface area contributed by atoms with Gasteiger partial charge < -0.3 is 5.32 Å². The highest BCUT2D eigenvalue weighted by Crippen LogP contribution is 2.27. The van der Waals surface area contributed by atoms with Crippen molar-refractivity contribution in [2.24, 2.45) is 0 Å². The summed E-state index contributed by atoms with van der Waals surface area (Å²) in [7, 11) is 0. The van der Waals surface area contributed by atoms with Gasteiger partial charge in [0.05, 0.1) is 15.2 Å². The third kappa shape index (κ3) is 2.46. The minimum atomic E-state index is -0.100. The Labute approximate surface area is 127 Å². The highest BCUT2D eigenvalue weighted by atomic mass is 79.9. The fourth-order valence-electron chi connectivity index (χ4n) is 1.83. The van der Waals surface area contributed by atoms with Crippen molar-refractivity contribution in [2.75, 3.05) is 0 Å². The topological polar surface area (TPSA) is 59.3 Å². The molecule has 0 bridgehead atoms. The maximum Gasteiger partial charge on any atom is 0.261 e. The lowest BCUT2D eigenvalue weighted by Gasteiger charge is -2.02.